The zero-order valence-electron chi connectivity index (χ0n) is 12.5. The Morgan fingerprint density at radius 1 is 1.36 bits per heavy atom. The lowest BCUT2D eigenvalue weighted by atomic mass is 10.2. The number of oxazole rings is 1. The summed E-state index contributed by atoms with van der Waals surface area (Å²) in [7, 11) is 1.62. The smallest absolute Gasteiger partial charge is 0.220 e. The predicted octanol–water partition coefficient (Wildman–Crippen LogP) is 1.78. The van der Waals surface area contributed by atoms with E-state index in [1.54, 1.807) is 13.3 Å². The third-order valence-corrected chi connectivity index (χ3v) is 3.15. The number of nitrogens with zero attached hydrogens (tertiary/aromatic N) is 1. The molecule has 2 rings (SSSR count). The van der Waals surface area contributed by atoms with Crippen LogP contribution in [-0.2, 0) is 11.2 Å². The molecule has 0 aliphatic rings. The maximum absolute atomic E-state index is 11.6. The van der Waals surface area contributed by atoms with Gasteiger partial charge in [0.05, 0.1) is 13.3 Å². The number of hydrogen-bond donors (Lipinski definition) is 2. The molecule has 22 heavy (non-hydrogen) atoms. The van der Waals surface area contributed by atoms with Crippen LogP contribution in [0.4, 0.5) is 0 Å². The summed E-state index contributed by atoms with van der Waals surface area (Å²) < 4.78 is 10.8. The Morgan fingerprint density at radius 3 is 2.82 bits per heavy atom. The number of benzene rings is 1. The van der Waals surface area contributed by atoms with E-state index in [1.807, 2.05) is 24.3 Å². The van der Waals surface area contributed by atoms with Crippen molar-refractivity contribution in [2.45, 2.75) is 19.3 Å². The van der Waals surface area contributed by atoms with Crippen LogP contribution in [0.1, 0.15) is 18.7 Å². The minimum absolute atomic E-state index is 0.0716. The number of nitrogens with one attached hydrogen (secondary N) is 1. The summed E-state index contributed by atoms with van der Waals surface area (Å²) in [5.41, 5.74) is 0.909. The fourth-order valence-electron chi connectivity index (χ4n) is 1.93. The molecule has 0 bridgehead atoms. The number of carbonyl (C=O) groups is 1. The summed E-state index contributed by atoms with van der Waals surface area (Å²) in [5.74, 6) is 1.90. The normalized spacial score (nSPS) is 10.5. The van der Waals surface area contributed by atoms with Gasteiger partial charge in [-0.05, 0) is 30.7 Å². The molecule has 1 aromatic carbocycles. The number of ether oxygens (including phenoxy) is 1. The van der Waals surface area contributed by atoms with Crippen molar-refractivity contribution >= 4 is 5.91 Å². The first kappa shape index (κ1) is 16.0. The van der Waals surface area contributed by atoms with Gasteiger partial charge in [-0.3, -0.25) is 4.79 Å². The second-order valence-corrected chi connectivity index (χ2v) is 4.77. The highest BCUT2D eigenvalue weighted by Crippen LogP contribution is 2.23. The van der Waals surface area contributed by atoms with Crippen molar-refractivity contribution in [2.75, 3.05) is 20.3 Å². The van der Waals surface area contributed by atoms with Crippen LogP contribution in [0.2, 0.25) is 0 Å². The monoisotopic (exact) mass is 304 g/mol. The zero-order valence-corrected chi connectivity index (χ0v) is 12.5. The third kappa shape index (κ3) is 4.60. The molecule has 0 aliphatic heterocycles. The van der Waals surface area contributed by atoms with Gasteiger partial charge in [-0.2, -0.15) is 0 Å². The molecule has 0 unspecified atom stereocenters. The van der Waals surface area contributed by atoms with E-state index in [9.17, 15) is 4.79 Å². The second-order valence-electron chi connectivity index (χ2n) is 4.77. The first-order valence-electron chi connectivity index (χ1n) is 7.19. The molecule has 0 fully saturated rings. The van der Waals surface area contributed by atoms with Crippen LogP contribution in [0.3, 0.4) is 0 Å². The molecule has 1 amide bonds. The van der Waals surface area contributed by atoms with E-state index in [2.05, 4.69) is 10.3 Å². The Hall–Kier alpha value is -2.34. The van der Waals surface area contributed by atoms with E-state index < -0.39 is 0 Å². The van der Waals surface area contributed by atoms with Crippen LogP contribution in [0.25, 0.3) is 11.3 Å². The van der Waals surface area contributed by atoms with Crippen molar-refractivity contribution in [1.29, 1.82) is 0 Å². The number of aliphatic hydroxyl groups excluding tert-OH is 1. The van der Waals surface area contributed by atoms with Gasteiger partial charge in [-0.25, -0.2) is 4.98 Å². The van der Waals surface area contributed by atoms with Gasteiger partial charge >= 0.3 is 0 Å². The molecule has 0 spiro atoms. The molecule has 118 valence electrons. The van der Waals surface area contributed by atoms with Crippen molar-refractivity contribution < 1.29 is 19.1 Å². The summed E-state index contributed by atoms with van der Waals surface area (Å²) in [4.78, 5) is 15.7. The molecular weight excluding hydrogens is 284 g/mol. The topological polar surface area (TPSA) is 84.6 Å². The van der Waals surface area contributed by atoms with Crippen molar-refractivity contribution in [2.24, 2.45) is 0 Å². The quantitative estimate of drug-likeness (QED) is 0.726. The Labute approximate surface area is 129 Å². The van der Waals surface area contributed by atoms with E-state index >= 15 is 0 Å². The highest BCUT2D eigenvalue weighted by molar-refractivity contribution is 5.76. The van der Waals surface area contributed by atoms with E-state index in [1.165, 1.54) is 0 Å². The van der Waals surface area contributed by atoms with Crippen LogP contribution < -0.4 is 10.1 Å². The van der Waals surface area contributed by atoms with Gasteiger partial charge in [0.1, 0.15) is 5.75 Å². The fourth-order valence-corrected chi connectivity index (χ4v) is 1.93. The minimum Gasteiger partial charge on any atom is -0.497 e. The number of carbonyl (C=O) groups excluding carboxylic acids is 1. The lowest BCUT2D eigenvalue weighted by Crippen LogP contribution is -2.25. The summed E-state index contributed by atoms with van der Waals surface area (Å²) >= 11 is 0. The molecule has 0 aliphatic carbocycles. The van der Waals surface area contributed by atoms with Crippen LogP contribution in [0, 0.1) is 0 Å². The lowest BCUT2D eigenvalue weighted by Gasteiger charge is -2.02. The third-order valence-electron chi connectivity index (χ3n) is 3.15. The fraction of sp³-hybridized carbons (Fsp3) is 0.375. The Kier molecular flexibility index (Phi) is 5.97. The Balaban J connectivity index is 1.86. The Morgan fingerprint density at radius 2 is 2.14 bits per heavy atom. The van der Waals surface area contributed by atoms with E-state index in [0.717, 1.165) is 11.3 Å². The largest absolute Gasteiger partial charge is 0.497 e. The van der Waals surface area contributed by atoms with Crippen LogP contribution in [-0.4, -0.2) is 36.3 Å². The predicted molar refractivity (Wildman–Crippen MR) is 81.5 cm³/mol. The lowest BCUT2D eigenvalue weighted by molar-refractivity contribution is -0.121. The number of hydrogen-bond acceptors (Lipinski definition) is 5. The molecule has 0 saturated carbocycles. The zero-order chi connectivity index (χ0) is 15.8. The molecule has 0 radical (unpaired) electrons. The van der Waals surface area contributed by atoms with Gasteiger partial charge < -0.3 is 19.6 Å². The van der Waals surface area contributed by atoms with Gasteiger partial charge in [0.15, 0.2) is 11.7 Å². The molecule has 0 saturated heterocycles. The van der Waals surface area contributed by atoms with E-state index in [4.69, 9.17) is 14.3 Å². The molecule has 1 heterocycles. The maximum atomic E-state index is 11.6. The van der Waals surface area contributed by atoms with Gasteiger partial charge in [0.2, 0.25) is 5.91 Å². The first-order valence-corrected chi connectivity index (χ1v) is 7.19. The van der Waals surface area contributed by atoms with Crippen molar-refractivity contribution in [3.63, 3.8) is 0 Å². The number of aliphatic hydroxyl groups is 1. The molecular formula is C16H20N2O4. The molecule has 1 aromatic heterocycles. The number of aromatic nitrogens is 1. The molecule has 0 atom stereocenters. The van der Waals surface area contributed by atoms with Gasteiger partial charge in [-0.15, -0.1) is 0 Å². The Bertz CT molecular complexity index is 592. The molecule has 6 nitrogen and oxygen atoms in total. The summed E-state index contributed by atoms with van der Waals surface area (Å²) in [6, 6.07) is 7.49. The number of amides is 1. The van der Waals surface area contributed by atoms with Crippen molar-refractivity contribution in [3.05, 3.63) is 36.4 Å². The van der Waals surface area contributed by atoms with E-state index in [-0.39, 0.29) is 12.5 Å². The standard InChI is InChI=1S/C16H20N2O4/c1-21-13-5-3-12(4-6-13)14-11-18-16(22-14)8-7-15(20)17-9-2-10-19/h3-6,11,19H,2,7-10H2,1H3,(H,17,20). The average molecular weight is 304 g/mol. The number of rotatable bonds is 8. The van der Waals surface area contributed by atoms with Gasteiger partial charge in [-0.1, -0.05) is 0 Å². The van der Waals surface area contributed by atoms with Gasteiger partial charge in [0, 0.05) is 31.6 Å². The van der Waals surface area contributed by atoms with Gasteiger partial charge in [0.25, 0.3) is 0 Å². The van der Waals surface area contributed by atoms with Crippen molar-refractivity contribution in [1.82, 2.24) is 10.3 Å². The second kappa shape index (κ2) is 8.19. The number of aryl methyl sites for hydroxylation is 1. The molecule has 6 heteroatoms. The first-order chi connectivity index (χ1) is 10.7. The summed E-state index contributed by atoms with van der Waals surface area (Å²) in [6.07, 6.45) is 2.97. The molecule has 2 N–H and O–H groups in total. The van der Waals surface area contributed by atoms with Crippen LogP contribution >= 0.6 is 0 Å². The average Bonchev–Trinajstić information content (AvgIpc) is 3.02. The maximum Gasteiger partial charge on any atom is 0.220 e. The van der Waals surface area contributed by atoms with Crippen LogP contribution in [0.5, 0.6) is 5.75 Å². The highest BCUT2D eigenvalue weighted by atomic mass is 16.5. The van der Waals surface area contributed by atoms with E-state index in [0.29, 0.717) is 37.5 Å². The highest BCUT2D eigenvalue weighted by Gasteiger charge is 2.09. The summed E-state index contributed by atoms with van der Waals surface area (Å²) in [6.45, 7) is 0.559. The van der Waals surface area contributed by atoms with Crippen molar-refractivity contribution in [3.8, 4) is 17.1 Å². The molecule has 2 aromatic rings. The van der Waals surface area contributed by atoms with Crippen LogP contribution in [0.15, 0.2) is 34.9 Å². The SMILES string of the molecule is COc1ccc(-c2cnc(CCC(=O)NCCCO)o2)cc1. The minimum atomic E-state index is -0.0716. The summed E-state index contributed by atoms with van der Waals surface area (Å²) in [5, 5.41) is 11.4. The number of methoxy groups -OCH3 is 1.